The number of nitrogens with one attached hydrogen (secondary N) is 1. The van der Waals surface area contributed by atoms with Gasteiger partial charge in [0.25, 0.3) is 0 Å². The first-order valence-corrected chi connectivity index (χ1v) is 4.45. The summed E-state index contributed by atoms with van der Waals surface area (Å²) in [5, 5.41) is 3.75. The fraction of sp³-hybridized carbons (Fsp3) is 0.200. The van der Waals surface area contributed by atoms with Crippen LogP contribution in [0.1, 0.15) is 12.5 Å². The molecular weight excluding hydrogens is 196 g/mol. The third-order valence-electron chi connectivity index (χ3n) is 1.83. The number of amides is 1. The Hall–Kier alpha value is -2.04. The van der Waals surface area contributed by atoms with Crippen LogP contribution in [0.15, 0.2) is 23.3 Å². The first-order valence-electron chi connectivity index (χ1n) is 4.45. The number of hydrazone groups is 1. The lowest BCUT2D eigenvalue weighted by Gasteiger charge is -1.97. The van der Waals surface area contributed by atoms with E-state index in [9.17, 15) is 4.79 Å². The summed E-state index contributed by atoms with van der Waals surface area (Å²) >= 11 is 0. The van der Waals surface area contributed by atoms with Crippen molar-refractivity contribution in [3.05, 3.63) is 23.8 Å². The molecule has 0 saturated heterocycles. The number of carbonyl (C=O) groups excluding carboxylic acids is 1. The molecule has 0 radical (unpaired) electrons. The second-order valence-electron chi connectivity index (χ2n) is 3.04. The van der Waals surface area contributed by atoms with Crippen LogP contribution in [-0.2, 0) is 4.79 Å². The summed E-state index contributed by atoms with van der Waals surface area (Å²) in [7, 11) is 0. The van der Waals surface area contributed by atoms with Crippen LogP contribution in [0.5, 0.6) is 11.5 Å². The van der Waals surface area contributed by atoms with Crippen molar-refractivity contribution in [2.24, 2.45) is 5.10 Å². The molecule has 0 saturated carbocycles. The number of hydrogen-bond acceptors (Lipinski definition) is 4. The molecule has 15 heavy (non-hydrogen) atoms. The van der Waals surface area contributed by atoms with E-state index in [1.54, 1.807) is 18.3 Å². The number of rotatable bonds is 2. The lowest BCUT2D eigenvalue weighted by atomic mass is 10.2. The smallest absolute Gasteiger partial charge is 0.236 e. The Balaban J connectivity index is 2.10. The van der Waals surface area contributed by atoms with Gasteiger partial charge in [-0.1, -0.05) is 0 Å². The van der Waals surface area contributed by atoms with Gasteiger partial charge in [0.15, 0.2) is 11.5 Å². The van der Waals surface area contributed by atoms with Gasteiger partial charge in [-0.25, -0.2) is 5.43 Å². The van der Waals surface area contributed by atoms with E-state index in [-0.39, 0.29) is 12.7 Å². The Morgan fingerprint density at radius 1 is 1.47 bits per heavy atom. The highest BCUT2D eigenvalue weighted by Gasteiger charge is 2.12. The van der Waals surface area contributed by atoms with Crippen molar-refractivity contribution in [3.8, 4) is 11.5 Å². The Morgan fingerprint density at radius 3 is 3.07 bits per heavy atom. The third kappa shape index (κ3) is 2.25. The largest absolute Gasteiger partial charge is 0.454 e. The van der Waals surface area contributed by atoms with E-state index in [1.807, 2.05) is 6.07 Å². The van der Waals surface area contributed by atoms with Crippen molar-refractivity contribution in [2.45, 2.75) is 6.92 Å². The van der Waals surface area contributed by atoms with Crippen LogP contribution >= 0.6 is 0 Å². The van der Waals surface area contributed by atoms with Gasteiger partial charge in [0.2, 0.25) is 12.7 Å². The van der Waals surface area contributed by atoms with Crippen molar-refractivity contribution in [3.63, 3.8) is 0 Å². The van der Waals surface area contributed by atoms with Gasteiger partial charge in [0.1, 0.15) is 0 Å². The van der Waals surface area contributed by atoms with Gasteiger partial charge in [-0.2, -0.15) is 5.10 Å². The Labute approximate surface area is 86.7 Å². The van der Waals surface area contributed by atoms with E-state index >= 15 is 0 Å². The standard InChI is InChI=1S/C10H10N2O3/c1-7(13)12-11-5-8-2-3-9-10(4-8)15-6-14-9/h2-5H,6H2,1H3,(H,12,13). The molecule has 2 rings (SSSR count). The molecule has 0 spiro atoms. The number of nitrogens with zero attached hydrogens (tertiary/aromatic N) is 1. The van der Waals surface area contributed by atoms with Gasteiger partial charge in [-0.05, 0) is 23.8 Å². The molecule has 78 valence electrons. The van der Waals surface area contributed by atoms with E-state index < -0.39 is 0 Å². The van der Waals surface area contributed by atoms with Gasteiger partial charge in [-0.3, -0.25) is 4.79 Å². The SMILES string of the molecule is CC(=O)NN=Cc1ccc2c(c1)OCO2. The monoisotopic (exact) mass is 206 g/mol. The highest BCUT2D eigenvalue weighted by Crippen LogP contribution is 2.31. The van der Waals surface area contributed by atoms with Crippen molar-refractivity contribution in [1.29, 1.82) is 0 Å². The minimum Gasteiger partial charge on any atom is -0.454 e. The van der Waals surface area contributed by atoms with Crippen molar-refractivity contribution < 1.29 is 14.3 Å². The molecule has 5 nitrogen and oxygen atoms in total. The average Bonchev–Trinajstić information content (AvgIpc) is 2.64. The zero-order valence-corrected chi connectivity index (χ0v) is 8.19. The lowest BCUT2D eigenvalue weighted by Crippen LogP contribution is -2.12. The molecule has 0 unspecified atom stereocenters. The zero-order chi connectivity index (χ0) is 10.7. The second-order valence-corrected chi connectivity index (χ2v) is 3.04. The summed E-state index contributed by atoms with van der Waals surface area (Å²) < 4.78 is 10.4. The van der Waals surface area contributed by atoms with Gasteiger partial charge >= 0.3 is 0 Å². The maximum atomic E-state index is 10.6. The fourth-order valence-electron chi connectivity index (χ4n) is 1.19. The average molecular weight is 206 g/mol. The molecule has 1 aromatic rings. The number of ether oxygens (including phenoxy) is 2. The van der Waals surface area contributed by atoms with E-state index in [1.165, 1.54) is 6.92 Å². The summed E-state index contributed by atoms with van der Waals surface area (Å²) in [6.45, 7) is 1.65. The first kappa shape index (κ1) is 9.51. The molecule has 1 heterocycles. The Bertz CT molecular complexity index is 415. The van der Waals surface area contributed by atoms with Crippen molar-refractivity contribution in [1.82, 2.24) is 5.43 Å². The van der Waals surface area contributed by atoms with E-state index in [0.717, 1.165) is 11.3 Å². The maximum absolute atomic E-state index is 10.6. The maximum Gasteiger partial charge on any atom is 0.236 e. The van der Waals surface area contributed by atoms with E-state index in [2.05, 4.69) is 10.5 Å². The Morgan fingerprint density at radius 2 is 2.27 bits per heavy atom. The molecule has 0 atom stereocenters. The molecule has 0 bridgehead atoms. The number of fused-ring (bicyclic) bond motifs is 1. The van der Waals surface area contributed by atoms with Gasteiger partial charge in [-0.15, -0.1) is 0 Å². The summed E-state index contributed by atoms with van der Waals surface area (Å²) in [5.74, 6) is 1.22. The zero-order valence-electron chi connectivity index (χ0n) is 8.19. The second kappa shape index (κ2) is 4.00. The van der Waals surface area contributed by atoms with E-state index in [0.29, 0.717) is 5.75 Å². The molecule has 1 amide bonds. The summed E-state index contributed by atoms with van der Waals surface area (Å²) in [6, 6.07) is 5.43. The topological polar surface area (TPSA) is 59.9 Å². The van der Waals surface area contributed by atoms with Crippen molar-refractivity contribution >= 4 is 12.1 Å². The summed E-state index contributed by atoms with van der Waals surface area (Å²) in [6.07, 6.45) is 1.54. The lowest BCUT2D eigenvalue weighted by molar-refractivity contribution is -0.118. The van der Waals surface area contributed by atoms with Crippen LogP contribution < -0.4 is 14.9 Å². The fourth-order valence-corrected chi connectivity index (χ4v) is 1.19. The highest BCUT2D eigenvalue weighted by molar-refractivity contribution is 5.82. The highest BCUT2D eigenvalue weighted by atomic mass is 16.7. The first-order chi connectivity index (χ1) is 7.25. The van der Waals surface area contributed by atoms with Gasteiger partial charge in [0.05, 0.1) is 6.21 Å². The van der Waals surface area contributed by atoms with Crippen LogP contribution in [0.4, 0.5) is 0 Å². The number of carbonyl (C=O) groups is 1. The molecule has 1 aromatic carbocycles. The van der Waals surface area contributed by atoms with E-state index in [4.69, 9.17) is 9.47 Å². The molecular formula is C10H10N2O3. The molecule has 1 N–H and O–H groups in total. The number of benzene rings is 1. The summed E-state index contributed by atoms with van der Waals surface area (Å²) in [5.41, 5.74) is 3.16. The number of hydrogen-bond donors (Lipinski definition) is 1. The van der Waals surface area contributed by atoms with Gasteiger partial charge in [0, 0.05) is 6.92 Å². The Kier molecular flexibility index (Phi) is 2.53. The van der Waals surface area contributed by atoms with Crippen molar-refractivity contribution in [2.75, 3.05) is 6.79 Å². The molecule has 5 heteroatoms. The normalized spacial score (nSPS) is 13.1. The van der Waals surface area contributed by atoms with Crippen LogP contribution in [0.3, 0.4) is 0 Å². The third-order valence-corrected chi connectivity index (χ3v) is 1.83. The summed E-state index contributed by atoms with van der Waals surface area (Å²) in [4.78, 5) is 10.6. The predicted octanol–water partition coefficient (Wildman–Crippen LogP) is 0.885. The van der Waals surface area contributed by atoms with Crippen LogP contribution in [0.2, 0.25) is 0 Å². The molecule has 0 aliphatic carbocycles. The molecule has 1 aliphatic rings. The molecule has 0 fully saturated rings. The van der Waals surface area contributed by atoms with Crippen LogP contribution in [0, 0.1) is 0 Å². The van der Waals surface area contributed by atoms with Gasteiger partial charge < -0.3 is 9.47 Å². The minimum atomic E-state index is -0.202. The molecule has 0 aromatic heterocycles. The minimum absolute atomic E-state index is 0.202. The van der Waals surface area contributed by atoms with Crippen LogP contribution in [-0.4, -0.2) is 18.9 Å². The predicted molar refractivity (Wildman–Crippen MR) is 54.0 cm³/mol. The molecule has 1 aliphatic heterocycles. The quantitative estimate of drug-likeness (QED) is 0.577. The van der Waals surface area contributed by atoms with Crippen LogP contribution in [0.25, 0.3) is 0 Å².